The van der Waals surface area contributed by atoms with Crippen LogP contribution in [0.3, 0.4) is 0 Å². The van der Waals surface area contributed by atoms with E-state index in [-0.39, 0.29) is 0 Å². The Morgan fingerprint density at radius 3 is 2.00 bits per heavy atom. The van der Waals surface area contributed by atoms with Gasteiger partial charge in [0.15, 0.2) is 11.5 Å². The summed E-state index contributed by atoms with van der Waals surface area (Å²) in [6.07, 6.45) is 3.25. The number of ether oxygens (including phenoxy) is 4. The first-order chi connectivity index (χ1) is 9.78. The highest BCUT2D eigenvalue weighted by Gasteiger charge is 2.13. The van der Waals surface area contributed by atoms with Gasteiger partial charge in [-0.05, 0) is 23.8 Å². The summed E-state index contributed by atoms with van der Waals surface area (Å²) in [5, 5.41) is 0. The van der Waals surface area contributed by atoms with E-state index in [1.807, 2.05) is 12.1 Å². The van der Waals surface area contributed by atoms with Crippen molar-refractivity contribution in [2.45, 2.75) is 6.61 Å². The normalized spacial score (nSPS) is 9.95. The van der Waals surface area contributed by atoms with E-state index in [1.165, 1.54) is 0 Å². The third kappa shape index (κ3) is 3.09. The zero-order valence-electron chi connectivity index (χ0n) is 11.6. The molecule has 0 aliphatic carbocycles. The fraction of sp³-hybridized carbons (Fsp3) is 0.286. The molecule has 20 heavy (non-hydrogen) atoms. The fourth-order valence-electron chi connectivity index (χ4n) is 1.73. The molecule has 0 saturated carbocycles. The molecule has 0 saturated heterocycles. The zero-order chi connectivity index (χ0) is 14.4. The molecule has 0 aliphatic heterocycles. The molecule has 0 N–H and O–H groups in total. The molecular formula is C14H16N2O4. The van der Waals surface area contributed by atoms with Crippen LogP contribution in [0.4, 0.5) is 0 Å². The number of methoxy groups -OCH3 is 3. The Morgan fingerprint density at radius 1 is 0.900 bits per heavy atom. The summed E-state index contributed by atoms with van der Waals surface area (Å²) in [4.78, 5) is 7.98. The summed E-state index contributed by atoms with van der Waals surface area (Å²) < 4.78 is 21.3. The first-order valence-electron chi connectivity index (χ1n) is 5.97. The second kappa shape index (κ2) is 6.60. The maximum atomic E-state index is 5.49. The van der Waals surface area contributed by atoms with Gasteiger partial charge in [-0.1, -0.05) is 0 Å². The Balaban J connectivity index is 2.19. The average molecular weight is 276 g/mol. The quantitative estimate of drug-likeness (QED) is 0.805. The van der Waals surface area contributed by atoms with Crippen LogP contribution in [-0.4, -0.2) is 31.3 Å². The molecule has 0 spiro atoms. The Morgan fingerprint density at radius 2 is 1.50 bits per heavy atom. The summed E-state index contributed by atoms with van der Waals surface area (Å²) in [7, 11) is 4.71. The molecule has 0 amide bonds. The lowest BCUT2D eigenvalue weighted by Gasteiger charge is -2.14. The minimum absolute atomic E-state index is 0.306. The van der Waals surface area contributed by atoms with Crippen molar-refractivity contribution in [2.24, 2.45) is 0 Å². The van der Waals surface area contributed by atoms with Crippen molar-refractivity contribution < 1.29 is 18.9 Å². The van der Waals surface area contributed by atoms with Gasteiger partial charge in [0.1, 0.15) is 6.61 Å². The van der Waals surface area contributed by atoms with E-state index in [1.54, 1.807) is 39.8 Å². The average Bonchev–Trinajstić information content (AvgIpc) is 2.52. The van der Waals surface area contributed by atoms with E-state index >= 15 is 0 Å². The topological polar surface area (TPSA) is 62.7 Å². The van der Waals surface area contributed by atoms with Crippen LogP contribution >= 0.6 is 0 Å². The minimum Gasteiger partial charge on any atom is -0.493 e. The highest BCUT2D eigenvalue weighted by atomic mass is 16.5. The Labute approximate surface area is 117 Å². The highest BCUT2D eigenvalue weighted by Crippen LogP contribution is 2.38. The van der Waals surface area contributed by atoms with E-state index in [4.69, 9.17) is 18.9 Å². The molecule has 1 heterocycles. The lowest BCUT2D eigenvalue weighted by atomic mass is 10.2. The van der Waals surface area contributed by atoms with Gasteiger partial charge < -0.3 is 18.9 Å². The van der Waals surface area contributed by atoms with Gasteiger partial charge in [0.25, 0.3) is 0 Å². The van der Waals surface area contributed by atoms with Crippen LogP contribution in [0.1, 0.15) is 5.56 Å². The maximum Gasteiger partial charge on any atom is 0.316 e. The van der Waals surface area contributed by atoms with Crippen molar-refractivity contribution in [3.05, 3.63) is 36.2 Å². The number of benzene rings is 1. The molecular weight excluding hydrogens is 260 g/mol. The lowest BCUT2D eigenvalue weighted by molar-refractivity contribution is 0.277. The van der Waals surface area contributed by atoms with Crippen molar-refractivity contribution >= 4 is 0 Å². The first-order valence-corrected chi connectivity index (χ1v) is 5.97. The molecule has 0 fully saturated rings. The molecule has 1 aromatic heterocycles. The van der Waals surface area contributed by atoms with E-state index < -0.39 is 0 Å². The summed E-state index contributed by atoms with van der Waals surface area (Å²) in [6.45, 7) is 0.306. The lowest BCUT2D eigenvalue weighted by Crippen LogP contribution is -2.01. The van der Waals surface area contributed by atoms with Crippen molar-refractivity contribution in [3.8, 4) is 23.3 Å². The molecule has 6 heteroatoms. The van der Waals surface area contributed by atoms with Crippen molar-refractivity contribution in [3.63, 3.8) is 0 Å². The standard InChI is InChI=1S/C14H16N2O4/c1-17-11-7-10(8-12(18-2)13(11)19-3)9-20-14-15-5-4-6-16-14/h4-8H,9H2,1-3H3. The van der Waals surface area contributed by atoms with E-state index in [0.717, 1.165) is 5.56 Å². The molecule has 1 aromatic carbocycles. The maximum absolute atomic E-state index is 5.49. The van der Waals surface area contributed by atoms with Gasteiger partial charge in [-0.2, -0.15) is 0 Å². The number of hydrogen-bond acceptors (Lipinski definition) is 6. The number of nitrogens with zero attached hydrogens (tertiary/aromatic N) is 2. The van der Waals surface area contributed by atoms with E-state index in [9.17, 15) is 0 Å². The highest BCUT2D eigenvalue weighted by molar-refractivity contribution is 5.53. The summed E-state index contributed by atoms with van der Waals surface area (Å²) in [6, 6.07) is 5.70. The zero-order valence-corrected chi connectivity index (χ0v) is 11.6. The van der Waals surface area contributed by atoms with Gasteiger partial charge in [0, 0.05) is 12.4 Å². The van der Waals surface area contributed by atoms with Crippen molar-refractivity contribution in [2.75, 3.05) is 21.3 Å². The van der Waals surface area contributed by atoms with Gasteiger partial charge in [-0.3, -0.25) is 0 Å². The Hall–Kier alpha value is -2.50. The van der Waals surface area contributed by atoms with Crippen molar-refractivity contribution in [1.82, 2.24) is 9.97 Å². The molecule has 6 nitrogen and oxygen atoms in total. The molecule has 0 bridgehead atoms. The number of rotatable bonds is 6. The van der Waals surface area contributed by atoms with Crippen LogP contribution in [0.15, 0.2) is 30.6 Å². The predicted molar refractivity (Wildman–Crippen MR) is 72.5 cm³/mol. The van der Waals surface area contributed by atoms with Gasteiger partial charge >= 0.3 is 6.01 Å². The predicted octanol–water partition coefficient (Wildman–Crippen LogP) is 2.08. The van der Waals surface area contributed by atoms with Crippen LogP contribution in [0, 0.1) is 0 Å². The molecule has 0 radical (unpaired) electrons. The van der Waals surface area contributed by atoms with Crippen LogP contribution in [0.25, 0.3) is 0 Å². The second-order valence-electron chi connectivity index (χ2n) is 3.85. The summed E-state index contributed by atoms with van der Waals surface area (Å²) in [5.41, 5.74) is 0.868. The Kier molecular flexibility index (Phi) is 4.60. The Bertz CT molecular complexity index is 535. The van der Waals surface area contributed by atoms with Gasteiger partial charge in [0.2, 0.25) is 5.75 Å². The minimum atomic E-state index is 0.306. The fourth-order valence-corrected chi connectivity index (χ4v) is 1.73. The van der Waals surface area contributed by atoms with Gasteiger partial charge in [-0.25, -0.2) is 9.97 Å². The molecule has 106 valence electrons. The second-order valence-corrected chi connectivity index (χ2v) is 3.85. The summed E-state index contributed by atoms with van der Waals surface area (Å²) in [5.74, 6) is 1.72. The molecule has 0 unspecified atom stereocenters. The van der Waals surface area contributed by atoms with Crippen molar-refractivity contribution in [1.29, 1.82) is 0 Å². The first kappa shape index (κ1) is 13.9. The third-order valence-corrected chi connectivity index (χ3v) is 2.63. The van der Waals surface area contributed by atoms with Gasteiger partial charge in [0.05, 0.1) is 21.3 Å². The SMILES string of the molecule is COc1cc(COc2ncccn2)cc(OC)c1OC. The third-order valence-electron chi connectivity index (χ3n) is 2.63. The smallest absolute Gasteiger partial charge is 0.316 e. The molecule has 2 aromatic rings. The molecule has 2 rings (SSSR count). The number of aromatic nitrogens is 2. The van der Waals surface area contributed by atoms with Gasteiger partial charge in [-0.15, -0.1) is 0 Å². The monoisotopic (exact) mass is 276 g/mol. The number of hydrogen-bond donors (Lipinski definition) is 0. The summed E-state index contributed by atoms with van der Waals surface area (Å²) >= 11 is 0. The van der Waals surface area contributed by atoms with E-state index in [0.29, 0.717) is 29.9 Å². The molecule has 0 atom stereocenters. The molecule has 0 aliphatic rings. The largest absolute Gasteiger partial charge is 0.493 e. The van der Waals surface area contributed by atoms with E-state index in [2.05, 4.69) is 9.97 Å². The van der Waals surface area contributed by atoms with Crippen LogP contribution in [0.5, 0.6) is 23.3 Å². The van der Waals surface area contributed by atoms with Crippen LogP contribution < -0.4 is 18.9 Å². The van der Waals surface area contributed by atoms with Crippen LogP contribution in [0.2, 0.25) is 0 Å². The van der Waals surface area contributed by atoms with Crippen LogP contribution in [-0.2, 0) is 6.61 Å².